The molecule has 6 heteroatoms. The molecule has 0 aliphatic carbocycles. The SMILES string of the molecule is CC[C@@H](C)c1ccccc1NS(=O)(=O)c1ccccc1C(=O)OC. The van der Waals surface area contributed by atoms with Crippen molar-refractivity contribution in [2.24, 2.45) is 0 Å². The third kappa shape index (κ3) is 3.76. The number of methoxy groups -OCH3 is 1. The van der Waals surface area contributed by atoms with E-state index in [4.69, 9.17) is 0 Å². The molecule has 0 unspecified atom stereocenters. The molecule has 0 aromatic heterocycles. The Kier molecular flexibility index (Phi) is 5.62. The van der Waals surface area contributed by atoms with Gasteiger partial charge >= 0.3 is 5.97 Å². The number of carbonyl (C=O) groups excluding carboxylic acids is 1. The summed E-state index contributed by atoms with van der Waals surface area (Å²) in [6, 6.07) is 13.3. The van der Waals surface area contributed by atoms with Crippen LogP contribution in [0.25, 0.3) is 0 Å². The van der Waals surface area contributed by atoms with Crippen LogP contribution in [0.15, 0.2) is 53.4 Å². The fourth-order valence-electron chi connectivity index (χ4n) is 2.42. The zero-order valence-electron chi connectivity index (χ0n) is 13.9. The van der Waals surface area contributed by atoms with Crippen molar-refractivity contribution in [3.05, 3.63) is 59.7 Å². The fraction of sp³-hybridized carbons (Fsp3) is 0.278. The van der Waals surface area contributed by atoms with Gasteiger partial charge in [0.2, 0.25) is 0 Å². The van der Waals surface area contributed by atoms with E-state index in [-0.39, 0.29) is 16.4 Å². The number of benzene rings is 2. The molecule has 0 aliphatic heterocycles. The molecule has 5 nitrogen and oxygen atoms in total. The van der Waals surface area contributed by atoms with Crippen LogP contribution in [0.1, 0.15) is 42.1 Å². The molecule has 0 saturated heterocycles. The van der Waals surface area contributed by atoms with Crippen molar-refractivity contribution in [1.82, 2.24) is 0 Å². The minimum absolute atomic E-state index is 0.00789. The molecule has 0 aliphatic rings. The highest BCUT2D eigenvalue weighted by atomic mass is 32.2. The summed E-state index contributed by atoms with van der Waals surface area (Å²) in [6.45, 7) is 4.08. The van der Waals surface area contributed by atoms with Crippen molar-refractivity contribution in [3.8, 4) is 0 Å². The van der Waals surface area contributed by atoms with E-state index in [0.717, 1.165) is 12.0 Å². The van der Waals surface area contributed by atoms with Gasteiger partial charge in [-0.15, -0.1) is 0 Å². The first-order valence-electron chi connectivity index (χ1n) is 7.69. The average molecular weight is 347 g/mol. The zero-order chi connectivity index (χ0) is 17.7. The van der Waals surface area contributed by atoms with Crippen LogP contribution < -0.4 is 4.72 Å². The monoisotopic (exact) mass is 347 g/mol. The van der Waals surface area contributed by atoms with Crippen molar-refractivity contribution in [2.45, 2.75) is 31.1 Å². The highest BCUT2D eigenvalue weighted by Crippen LogP contribution is 2.29. The lowest BCUT2D eigenvalue weighted by Gasteiger charge is -2.17. The Balaban J connectivity index is 2.46. The van der Waals surface area contributed by atoms with Gasteiger partial charge in [0, 0.05) is 0 Å². The van der Waals surface area contributed by atoms with Crippen LogP contribution in [0.4, 0.5) is 5.69 Å². The first kappa shape index (κ1) is 18.0. The molecule has 1 atom stereocenters. The highest BCUT2D eigenvalue weighted by Gasteiger charge is 2.23. The van der Waals surface area contributed by atoms with Crippen LogP contribution in [0, 0.1) is 0 Å². The number of sulfonamides is 1. The molecule has 0 fully saturated rings. The van der Waals surface area contributed by atoms with E-state index in [1.165, 1.54) is 19.2 Å². The van der Waals surface area contributed by atoms with E-state index < -0.39 is 16.0 Å². The van der Waals surface area contributed by atoms with Crippen LogP contribution in [0.3, 0.4) is 0 Å². The van der Waals surface area contributed by atoms with Crippen LogP contribution in [-0.4, -0.2) is 21.5 Å². The smallest absolute Gasteiger partial charge is 0.339 e. The lowest BCUT2D eigenvalue weighted by molar-refractivity contribution is 0.0596. The van der Waals surface area contributed by atoms with Gasteiger partial charge in [-0.25, -0.2) is 13.2 Å². The van der Waals surface area contributed by atoms with Crippen molar-refractivity contribution in [1.29, 1.82) is 0 Å². The van der Waals surface area contributed by atoms with E-state index in [1.807, 2.05) is 26.0 Å². The Hall–Kier alpha value is -2.34. The maximum absolute atomic E-state index is 12.8. The molecule has 0 amide bonds. The molecule has 0 heterocycles. The minimum atomic E-state index is -3.91. The number of anilines is 1. The van der Waals surface area contributed by atoms with Gasteiger partial charge in [0.1, 0.15) is 4.90 Å². The number of hydrogen-bond acceptors (Lipinski definition) is 4. The fourth-order valence-corrected chi connectivity index (χ4v) is 3.70. The second-order valence-electron chi connectivity index (χ2n) is 5.49. The maximum atomic E-state index is 12.8. The van der Waals surface area contributed by atoms with Crippen molar-refractivity contribution in [2.75, 3.05) is 11.8 Å². The first-order chi connectivity index (χ1) is 11.4. The van der Waals surface area contributed by atoms with Crippen LogP contribution in [0.5, 0.6) is 0 Å². The molecular formula is C18H21NO4S. The van der Waals surface area contributed by atoms with E-state index >= 15 is 0 Å². The summed E-state index contributed by atoms with van der Waals surface area (Å²) in [5.74, 6) is -0.481. The molecule has 0 spiro atoms. The molecule has 0 bridgehead atoms. The molecule has 1 N–H and O–H groups in total. The maximum Gasteiger partial charge on any atom is 0.339 e. The number of para-hydroxylation sites is 1. The summed E-state index contributed by atoms with van der Waals surface area (Å²) in [4.78, 5) is 11.7. The van der Waals surface area contributed by atoms with Crippen LogP contribution >= 0.6 is 0 Å². The Bertz CT molecular complexity index is 830. The topological polar surface area (TPSA) is 72.5 Å². The van der Waals surface area contributed by atoms with E-state index in [2.05, 4.69) is 9.46 Å². The summed E-state index contributed by atoms with van der Waals surface area (Å²) in [5.41, 5.74) is 1.44. The number of nitrogens with one attached hydrogen (secondary N) is 1. The third-order valence-electron chi connectivity index (χ3n) is 3.93. The van der Waals surface area contributed by atoms with Crippen LogP contribution in [0.2, 0.25) is 0 Å². The molecule has 0 saturated carbocycles. The van der Waals surface area contributed by atoms with E-state index in [0.29, 0.717) is 5.69 Å². The summed E-state index contributed by atoms with van der Waals surface area (Å²) >= 11 is 0. The van der Waals surface area contributed by atoms with Crippen molar-refractivity contribution in [3.63, 3.8) is 0 Å². The van der Waals surface area contributed by atoms with Gasteiger partial charge in [0.25, 0.3) is 10.0 Å². The van der Waals surface area contributed by atoms with Crippen molar-refractivity contribution >= 4 is 21.7 Å². The van der Waals surface area contributed by atoms with Gasteiger partial charge < -0.3 is 4.74 Å². The third-order valence-corrected chi connectivity index (χ3v) is 5.35. The van der Waals surface area contributed by atoms with Crippen LogP contribution in [-0.2, 0) is 14.8 Å². The van der Waals surface area contributed by atoms with Gasteiger partial charge in [0.15, 0.2) is 0 Å². The van der Waals surface area contributed by atoms with Gasteiger partial charge in [0.05, 0.1) is 18.4 Å². The second kappa shape index (κ2) is 7.49. The summed E-state index contributed by atoms with van der Waals surface area (Å²) in [7, 11) is -2.69. The standard InChI is InChI=1S/C18H21NO4S/c1-4-13(2)14-9-5-7-11-16(14)19-24(21,22)17-12-8-6-10-15(17)18(20)23-3/h5-13,19H,4H2,1-3H3/t13-/m1/s1. The normalized spacial score (nSPS) is 12.5. The molecule has 0 radical (unpaired) electrons. The first-order valence-corrected chi connectivity index (χ1v) is 9.18. The van der Waals surface area contributed by atoms with Crippen molar-refractivity contribution < 1.29 is 17.9 Å². The zero-order valence-corrected chi connectivity index (χ0v) is 14.8. The Morgan fingerprint density at radius 2 is 1.75 bits per heavy atom. The Labute approximate surface area is 142 Å². The predicted octanol–water partition coefficient (Wildman–Crippen LogP) is 3.79. The summed E-state index contributed by atoms with van der Waals surface area (Å²) in [5, 5.41) is 0. The average Bonchev–Trinajstić information content (AvgIpc) is 2.60. The quantitative estimate of drug-likeness (QED) is 0.807. The van der Waals surface area contributed by atoms with E-state index in [9.17, 15) is 13.2 Å². The largest absolute Gasteiger partial charge is 0.465 e. The Morgan fingerprint density at radius 1 is 1.12 bits per heavy atom. The Morgan fingerprint density at radius 3 is 2.42 bits per heavy atom. The lowest BCUT2D eigenvalue weighted by atomic mass is 9.97. The van der Waals surface area contributed by atoms with Gasteiger partial charge in [-0.3, -0.25) is 4.72 Å². The molecule has 2 rings (SSSR count). The lowest BCUT2D eigenvalue weighted by Crippen LogP contribution is -2.18. The number of ether oxygens (including phenoxy) is 1. The van der Waals surface area contributed by atoms with Gasteiger partial charge in [-0.2, -0.15) is 0 Å². The van der Waals surface area contributed by atoms with E-state index in [1.54, 1.807) is 24.3 Å². The minimum Gasteiger partial charge on any atom is -0.465 e. The second-order valence-corrected chi connectivity index (χ2v) is 7.14. The number of carbonyl (C=O) groups is 1. The van der Waals surface area contributed by atoms with Gasteiger partial charge in [-0.1, -0.05) is 44.2 Å². The molecule has 128 valence electrons. The summed E-state index contributed by atoms with van der Waals surface area (Å²) in [6.07, 6.45) is 0.886. The highest BCUT2D eigenvalue weighted by molar-refractivity contribution is 7.92. The van der Waals surface area contributed by atoms with Gasteiger partial charge in [-0.05, 0) is 36.1 Å². The number of hydrogen-bond donors (Lipinski definition) is 1. The molecule has 2 aromatic carbocycles. The summed E-state index contributed by atoms with van der Waals surface area (Å²) < 4.78 is 32.8. The molecule has 2 aromatic rings. The number of rotatable bonds is 6. The number of esters is 1. The predicted molar refractivity (Wildman–Crippen MR) is 93.7 cm³/mol. The molecular weight excluding hydrogens is 326 g/mol. The molecule has 24 heavy (non-hydrogen) atoms.